The Bertz CT molecular complexity index is 831. The number of halogens is 2. The van der Waals surface area contributed by atoms with Gasteiger partial charge < -0.3 is 14.0 Å². The van der Waals surface area contributed by atoms with Gasteiger partial charge in [-0.15, -0.1) is 0 Å². The van der Waals surface area contributed by atoms with Gasteiger partial charge in [0.05, 0.1) is 17.9 Å². The van der Waals surface area contributed by atoms with Gasteiger partial charge in [0.1, 0.15) is 0 Å². The van der Waals surface area contributed by atoms with Crippen molar-refractivity contribution in [1.82, 2.24) is 15.1 Å². The Morgan fingerprint density at radius 3 is 2.80 bits per heavy atom. The lowest BCUT2D eigenvalue weighted by atomic mass is 10.2. The fourth-order valence-corrected chi connectivity index (χ4v) is 2.70. The molecule has 0 bridgehead atoms. The quantitative estimate of drug-likeness (QED) is 0.585. The van der Waals surface area contributed by atoms with Gasteiger partial charge in [0.15, 0.2) is 11.5 Å². The highest BCUT2D eigenvalue weighted by molar-refractivity contribution is 7.98. The summed E-state index contributed by atoms with van der Waals surface area (Å²) in [7, 11) is 1.36. The first kappa shape index (κ1) is 17.2. The summed E-state index contributed by atoms with van der Waals surface area (Å²) in [5.41, 5.74) is 0.566. The molecule has 0 aliphatic carbocycles. The van der Waals surface area contributed by atoms with E-state index in [-0.39, 0.29) is 11.5 Å². The maximum atomic E-state index is 12.4. The van der Waals surface area contributed by atoms with Crippen molar-refractivity contribution in [1.29, 1.82) is 0 Å². The summed E-state index contributed by atoms with van der Waals surface area (Å²) in [6, 6.07) is 10.1. The van der Waals surface area contributed by atoms with Gasteiger partial charge in [-0.05, 0) is 30.3 Å². The molecule has 0 saturated heterocycles. The van der Waals surface area contributed by atoms with Crippen LogP contribution in [0.2, 0.25) is 0 Å². The van der Waals surface area contributed by atoms with Crippen molar-refractivity contribution in [2.45, 2.75) is 17.4 Å². The van der Waals surface area contributed by atoms with E-state index in [4.69, 9.17) is 9.26 Å². The molecule has 0 aliphatic heterocycles. The van der Waals surface area contributed by atoms with Crippen molar-refractivity contribution in [2.24, 2.45) is 0 Å². The van der Waals surface area contributed by atoms with E-state index in [2.05, 4.69) is 19.9 Å². The molecule has 0 saturated carbocycles. The van der Waals surface area contributed by atoms with Crippen LogP contribution >= 0.6 is 11.8 Å². The van der Waals surface area contributed by atoms with Crippen molar-refractivity contribution >= 4 is 11.8 Å². The predicted octanol–water partition coefficient (Wildman–Crippen LogP) is 4.03. The molecule has 0 spiro atoms. The van der Waals surface area contributed by atoms with Crippen LogP contribution in [0.4, 0.5) is 8.78 Å². The Balaban J connectivity index is 1.73. The van der Waals surface area contributed by atoms with Gasteiger partial charge in [-0.2, -0.15) is 13.8 Å². The van der Waals surface area contributed by atoms with Crippen LogP contribution in [0.3, 0.4) is 0 Å². The third-order valence-corrected chi connectivity index (χ3v) is 4.02. The zero-order valence-electron chi connectivity index (χ0n) is 13.1. The summed E-state index contributed by atoms with van der Waals surface area (Å²) in [6.45, 7) is -2.93. The highest BCUT2D eigenvalue weighted by Gasteiger charge is 2.15. The normalized spacial score (nSPS) is 10.9. The third kappa shape index (κ3) is 4.44. The molecule has 0 N–H and O–H groups in total. The van der Waals surface area contributed by atoms with E-state index >= 15 is 0 Å². The van der Waals surface area contributed by atoms with E-state index in [1.807, 2.05) is 18.2 Å². The van der Waals surface area contributed by atoms with Crippen molar-refractivity contribution in [3.05, 3.63) is 48.5 Å². The summed E-state index contributed by atoms with van der Waals surface area (Å²) in [5.74, 6) is 1.33. The topological polar surface area (TPSA) is 70.3 Å². The van der Waals surface area contributed by atoms with E-state index in [1.165, 1.54) is 31.0 Å². The van der Waals surface area contributed by atoms with Gasteiger partial charge in [-0.25, -0.2) is 4.98 Å². The predicted molar refractivity (Wildman–Crippen MR) is 86.7 cm³/mol. The molecule has 2 heterocycles. The minimum atomic E-state index is -2.93. The van der Waals surface area contributed by atoms with Crippen molar-refractivity contribution in [3.8, 4) is 22.9 Å². The smallest absolute Gasteiger partial charge is 0.387 e. The number of alkyl halides is 2. The Kier molecular flexibility index (Phi) is 5.44. The van der Waals surface area contributed by atoms with Crippen LogP contribution in [0.25, 0.3) is 11.4 Å². The number of ether oxygens (including phenoxy) is 2. The number of benzene rings is 1. The van der Waals surface area contributed by atoms with Gasteiger partial charge in [0.2, 0.25) is 11.7 Å². The van der Waals surface area contributed by atoms with E-state index < -0.39 is 6.61 Å². The molecule has 0 aliphatic rings. The summed E-state index contributed by atoms with van der Waals surface area (Å²) in [5, 5.41) is 4.75. The number of pyridine rings is 1. The second kappa shape index (κ2) is 7.93. The van der Waals surface area contributed by atoms with Crippen LogP contribution in [0.5, 0.6) is 11.5 Å². The zero-order chi connectivity index (χ0) is 17.6. The number of hydrogen-bond acceptors (Lipinski definition) is 7. The number of methoxy groups -OCH3 is 1. The summed E-state index contributed by atoms with van der Waals surface area (Å²) < 4.78 is 39.4. The maximum absolute atomic E-state index is 12.4. The lowest BCUT2D eigenvalue weighted by molar-refractivity contribution is -0.0512. The average Bonchev–Trinajstić information content (AvgIpc) is 3.10. The molecular weight excluding hydrogens is 352 g/mol. The largest absolute Gasteiger partial charge is 0.493 e. The Morgan fingerprint density at radius 2 is 2.08 bits per heavy atom. The van der Waals surface area contributed by atoms with Gasteiger partial charge in [-0.1, -0.05) is 23.0 Å². The fourth-order valence-electron chi connectivity index (χ4n) is 2.00. The van der Waals surface area contributed by atoms with E-state index in [0.717, 1.165) is 5.03 Å². The molecule has 0 unspecified atom stereocenters. The molecule has 6 nitrogen and oxygen atoms in total. The molecule has 25 heavy (non-hydrogen) atoms. The first-order chi connectivity index (χ1) is 12.2. The first-order valence-corrected chi connectivity index (χ1v) is 8.14. The monoisotopic (exact) mass is 365 g/mol. The highest BCUT2D eigenvalue weighted by Crippen LogP contribution is 2.32. The molecule has 130 valence electrons. The van der Waals surface area contributed by atoms with E-state index in [9.17, 15) is 8.78 Å². The second-order valence-electron chi connectivity index (χ2n) is 4.71. The molecule has 0 radical (unpaired) electrons. The van der Waals surface area contributed by atoms with Crippen LogP contribution in [-0.4, -0.2) is 28.8 Å². The Labute approximate surface area is 146 Å². The fraction of sp³-hybridized carbons (Fsp3) is 0.188. The number of nitrogens with zero attached hydrogens (tertiary/aromatic N) is 3. The first-order valence-electron chi connectivity index (χ1n) is 7.15. The minimum absolute atomic E-state index is 0.0596. The van der Waals surface area contributed by atoms with Crippen LogP contribution < -0.4 is 9.47 Å². The average molecular weight is 365 g/mol. The molecule has 2 aromatic heterocycles. The van der Waals surface area contributed by atoms with Gasteiger partial charge >= 0.3 is 6.61 Å². The Hall–Kier alpha value is -2.68. The van der Waals surface area contributed by atoms with E-state index in [0.29, 0.717) is 23.0 Å². The van der Waals surface area contributed by atoms with Gasteiger partial charge in [0.25, 0.3) is 0 Å². The molecule has 0 amide bonds. The zero-order valence-corrected chi connectivity index (χ0v) is 13.9. The number of hydrogen-bond donors (Lipinski definition) is 0. The minimum Gasteiger partial charge on any atom is -0.493 e. The molecular formula is C16H13F2N3O3S. The Morgan fingerprint density at radius 1 is 1.20 bits per heavy atom. The lowest BCUT2D eigenvalue weighted by Gasteiger charge is -2.10. The van der Waals surface area contributed by atoms with Gasteiger partial charge in [0, 0.05) is 11.8 Å². The molecule has 9 heteroatoms. The maximum Gasteiger partial charge on any atom is 0.387 e. The van der Waals surface area contributed by atoms with Crippen molar-refractivity contribution in [2.75, 3.05) is 7.11 Å². The summed E-state index contributed by atoms with van der Waals surface area (Å²) >= 11 is 1.46. The van der Waals surface area contributed by atoms with Gasteiger partial charge in [-0.3, -0.25) is 0 Å². The van der Waals surface area contributed by atoms with E-state index in [1.54, 1.807) is 12.3 Å². The molecule has 0 atom stereocenters. The highest BCUT2D eigenvalue weighted by atomic mass is 32.2. The second-order valence-corrected chi connectivity index (χ2v) is 5.71. The summed E-state index contributed by atoms with van der Waals surface area (Å²) in [4.78, 5) is 8.49. The SMILES string of the molecule is COc1cc(-c2noc(CSc3ccccn3)n2)ccc1OC(F)F. The lowest BCUT2D eigenvalue weighted by Crippen LogP contribution is -2.03. The molecule has 3 aromatic rings. The van der Waals surface area contributed by atoms with Crippen LogP contribution in [-0.2, 0) is 5.75 Å². The van der Waals surface area contributed by atoms with Crippen LogP contribution in [0.15, 0.2) is 52.1 Å². The van der Waals surface area contributed by atoms with Crippen molar-refractivity contribution in [3.63, 3.8) is 0 Å². The summed E-state index contributed by atoms with van der Waals surface area (Å²) in [6.07, 6.45) is 1.71. The van der Waals surface area contributed by atoms with Crippen molar-refractivity contribution < 1.29 is 22.8 Å². The standard InChI is InChI=1S/C16H13F2N3O3S/c1-22-12-8-10(5-6-11(12)23-16(17)18)15-20-13(24-21-15)9-25-14-4-2-3-7-19-14/h2-8,16H,9H2,1H3. The number of thioether (sulfide) groups is 1. The molecule has 3 rings (SSSR count). The third-order valence-electron chi connectivity index (χ3n) is 3.09. The molecule has 0 fully saturated rings. The van der Waals surface area contributed by atoms with Crippen LogP contribution in [0.1, 0.15) is 5.89 Å². The number of aromatic nitrogens is 3. The molecule has 1 aromatic carbocycles. The number of rotatable bonds is 7. The van der Waals surface area contributed by atoms with Crippen LogP contribution in [0, 0.1) is 0 Å².